The highest BCUT2D eigenvalue weighted by molar-refractivity contribution is 6.84. The summed E-state index contributed by atoms with van der Waals surface area (Å²) in [4.78, 5) is 172. The Morgan fingerprint density at radius 2 is 0.868 bits per heavy atom. The lowest BCUT2D eigenvalue weighted by Gasteiger charge is -2.37. The first-order chi connectivity index (χ1) is 50.6. The molecule has 8 fully saturated rings. The molecule has 570 valence electrons. The molecule has 2 aromatic rings. The number of nitrogens with zero attached hydrogens (tertiary/aromatic N) is 6. The van der Waals surface area contributed by atoms with Crippen LogP contribution in [0.4, 0.5) is 5.69 Å². The van der Waals surface area contributed by atoms with E-state index >= 15 is 0 Å². The fourth-order valence-corrected chi connectivity index (χ4v) is 30.2. The van der Waals surface area contributed by atoms with Crippen molar-refractivity contribution in [1.29, 1.82) is 0 Å². The molecule has 20 nitrogen and oxygen atoms in total. The Labute approximate surface area is 627 Å². The largest absolute Gasteiger partial charge is 0.457 e. The predicted molar refractivity (Wildman–Crippen MR) is 404 cm³/mol. The number of imide groups is 6. The first-order valence-electron chi connectivity index (χ1n) is 40.3. The number of aryl methyl sites for hydroxylation is 1. The summed E-state index contributed by atoms with van der Waals surface area (Å²) in [7, 11) is -2.24. The van der Waals surface area contributed by atoms with Crippen molar-refractivity contribution >= 4 is 93.2 Å². The number of unbranched alkanes of at least 4 members (excludes halogenated alkanes) is 3. The molecule has 106 heavy (non-hydrogen) atoms. The molecule has 22 heteroatoms. The number of fused-ring (bicyclic) bond motifs is 3. The molecule has 6 saturated heterocycles. The van der Waals surface area contributed by atoms with Gasteiger partial charge in [-0.15, -0.1) is 0 Å². The summed E-state index contributed by atoms with van der Waals surface area (Å²) in [6.07, 6.45) is 24.7. The Morgan fingerprint density at radius 3 is 1.42 bits per heavy atom. The molecule has 12 amide bonds. The highest BCUT2D eigenvalue weighted by Crippen LogP contribution is 2.50. The number of allylic oxidation sites excluding steroid dienone is 3. The quantitative estimate of drug-likeness (QED) is 0.0333. The van der Waals surface area contributed by atoms with E-state index < -0.39 is 69.9 Å². The topological polar surface area (TPSA) is 243 Å². The smallest absolute Gasteiger partial charge is 0.237 e. The predicted octanol–water partition coefficient (Wildman–Crippen LogP) is 13.3. The van der Waals surface area contributed by atoms with Crippen LogP contribution in [0.5, 0.6) is 11.5 Å². The Bertz CT molecular complexity index is 3900. The standard InChI is InChI=1S/C84H112N6O14Si2/c1-10-11-38-105(6,7)104-106(8,9)39-16-37-86-70(91)47-64(77(86)95)57-41-51(3)74-68(45-57)78(96)87(83(74)101)36-15-13-18-54-25-31-62(32-26-54)103-63-33-29-61(30-34-63)90-72(93)49-66(81(90)99)59-42-52(4)75-69(46-59)79(97)88(84(75)102)35-14-12-17-53-19-21-55(22-20-53)43-56-23-27-60(28-24-56)89-71(92)48-65(80(89)98)58-40-50(2)73-67(44-58)76(94)85(5)82(73)100/h25-26,29-34,40-42,53,55-60,64-69,73-75H,10-24,27-28,35-39,43-49H2,1-9H3. The van der Waals surface area contributed by atoms with Gasteiger partial charge in [0, 0.05) is 52.0 Å². The summed E-state index contributed by atoms with van der Waals surface area (Å²) in [5, 5.41) is 0. The fraction of sp³-hybridized carbons (Fsp3) is 0.643. The average molecular weight is 1490 g/mol. The van der Waals surface area contributed by atoms with Gasteiger partial charge in [0.1, 0.15) is 11.5 Å². The van der Waals surface area contributed by atoms with Gasteiger partial charge in [-0.05, 0) is 220 Å². The third kappa shape index (κ3) is 15.8. The minimum absolute atomic E-state index is 0.00552. The van der Waals surface area contributed by atoms with Crippen LogP contribution in [0.1, 0.15) is 181 Å². The molecule has 12 atom stereocenters. The van der Waals surface area contributed by atoms with Crippen LogP contribution >= 0.6 is 0 Å². The number of rotatable bonds is 28. The van der Waals surface area contributed by atoms with E-state index in [1.807, 2.05) is 63.3 Å². The molecule has 0 spiro atoms. The minimum atomic E-state index is -1.99. The van der Waals surface area contributed by atoms with Gasteiger partial charge < -0.3 is 8.85 Å². The zero-order valence-corrected chi connectivity index (χ0v) is 66.0. The molecule has 0 aromatic heterocycles. The Morgan fingerprint density at radius 1 is 0.425 bits per heavy atom. The molecule has 5 aliphatic carbocycles. The van der Waals surface area contributed by atoms with Crippen LogP contribution in [0.3, 0.4) is 0 Å². The normalized spacial score (nSPS) is 31.6. The Kier molecular flexibility index (Phi) is 23.0. The van der Waals surface area contributed by atoms with E-state index in [9.17, 15) is 57.5 Å². The Balaban J connectivity index is 0.500. The van der Waals surface area contributed by atoms with Crippen molar-refractivity contribution < 1.29 is 66.4 Å². The van der Waals surface area contributed by atoms with Gasteiger partial charge in [-0.3, -0.25) is 86.9 Å². The van der Waals surface area contributed by atoms with Gasteiger partial charge in [0.05, 0.1) is 58.9 Å². The van der Waals surface area contributed by atoms with Crippen molar-refractivity contribution in [3.05, 3.63) is 89.0 Å². The number of ether oxygens (including phenoxy) is 1. The van der Waals surface area contributed by atoms with E-state index in [0.29, 0.717) is 86.7 Å². The second kappa shape index (κ2) is 31.7. The molecule has 6 heterocycles. The minimum Gasteiger partial charge on any atom is -0.457 e. The van der Waals surface area contributed by atoms with Crippen LogP contribution < -0.4 is 9.64 Å². The number of hydrogen-bond donors (Lipinski definition) is 0. The molecular weight excluding hydrogens is 1370 g/mol. The van der Waals surface area contributed by atoms with Gasteiger partial charge >= 0.3 is 0 Å². The fourth-order valence-electron chi connectivity index (χ4n) is 21.1. The van der Waals surface area contributed by atoms with Crippen LogP contribution in [0.25, 0.3) is 0 Å². The number of anilines is 1. The van der Waals surface area contributed by atoms with Crippen LogP contribution in [0.15, 0.2) is 83.5 Å². The summed E-state index contributed by atoms with van der Waals surface area (Å²) >= 11 is 0. The number of likely N-dealkylation sites (tertiary alicyclic amines) is 5. The first kappa shape index (κ1) is 76.9. The zero-order valence-electron chi connectivity index (χ0n) is 64.0. The summed E-state index contributed by atoms with van der Waals surface area (Å²) in [5.74, 6) is -4.97. The first-order valence-corrected chi connectivity index (χ1v) is 46.5. The van der Waals surface area contributed by atoms with Crippen LogP contribution in [0.2, 0.25) is 38.3 Å². The van der Waals surface area contributed by atoms with E-state index in [2.05, 4.69) is 33.1 Å². The van der Waals surface area contributed by atoms with E-state index in [-0.39, 0.29) is 114 Å². The van der Waals surface area contributed by atoms with E-state index in [1.54, 1.807) is 29.2 Å². The maximum Gasteiger partial charge on any atom is 0.237 e. The second-order valence-corrected chi connectivity index (χ2v) is 43.7. The number of carbonyl (C=O) groups is 12. The highest BCUT2D eigenvalue weighted by atomic mass is 28.4. The summed E-state index contributed by atoms with van der Waals surface area (Å²) in [6.45, 7) is 17.9. The summed E-state index contributed by atoms with van der Waals surface area (Å²) < 4.78 is 13.0. The molecule has 0 radical (unpaired) electrons. The van der Waals surface area contributed by atoms with E-state index in [0.717, 1.165) is 98.6 Å². The number of amides is 12. The Hall–Kier alpha value is -7.31. The number of benzene rings is 2. The highest BCUT2D eigenvalue weighted by Gasteiger charge is 2.57. The van der Waals surface area contributed by atoms with E-state index in [4.69, 9.17) is 8.85 Å². The van der Waals surface area contributed by atoms with Gasteiger partial charge in [-0.25, -0.2) is 0 Å². The maximum absolute atomic E-state index is 14.2. The molecule has 0 bridgehead atoms. The van der Waals surface area contributed by atoms with Crippen molar-refractivity contribution in [2.45, 2.75) is 226 Å². The van der Waals surface area contributed by atoms with Gasteiger partial charge in [0.15, 0.2) is 16.6 Å². The monoisotopic (exact) mass is 1480 g/mol. The van der Waals surface area contributed by atoms with Crippen molar-refractivity contribution in [3.63, 3.8) is 0 Å². The maximum atomic E-state index is 14.2. The SMILES string of the molecule is CCCC[Si](C)(C)O[Si](C)(C)CCCN1C(=O)CC(C2C=C(C)C3C(=O)N(CCCCc4ccc(Oc5ccc(N6C(=O)CC(C7C=C(C)C8C(=O)N(CCCCC9CCC(CC%10CCC(N%11C(=O)CC(C%12C=C(C)C%13C(=O)N(C)C(=O)C%13C%12)C%11=O)CC%10)CC9)C(=O)C8C7)C6=O)cc5)cc4)C(=O)C3C2)C1=O. The molecule has 6 aliphatic heterocycles. The molecular formula is C84H112N6O14Si2. The molecule has 11 aliphatic rings. The molecule has 0 N–H and O–H groups in total. The van der Waals surface area contributed by atoms with Crippen molar-refractivity contribution in [2.24, 2.45) is 88.8 Å². The molecule has 2 saturated carbocycles. The van der Waals surface area contributed by atoms with Gasteiger partial charge in [0.25, 0.3) is 0 Å². The number of hydrogen-bond acceptors (Lipinski definition) is 14. The van der Waals surface area contributed by atoms with E-state index in [1.165, 1.54) is 70.1 Å². The average Bonchev–Trinajstić information content (AvgIpc) is 1.61. The van der Waals surface area contributed by atoms with Crippen LogP contribution in [-0.2, 0) is 68.1 Å². The second-order valence-electron chi connectivity index (χ2n) is 34.9. The van der Waals surface area contributed by atoms with Gasteiger partial charge in [-0.1, -0.05) is 105 Å². The third-order valence-electron chi connectivity index (χ3n) is 26.6. The van der Waals surface area contributed by atoms with Crippen molar-refractivity contribution in [2.75, 3.05) is 31.6 Å². The molecule has 2 aromatic carbocycles. The van der Waals surface area contributed by atoms with Gasteiger partial charge in [-0.2, -0.15) is 0 Å². The summed E-state index contributed by atoms with van der Waals surface area (Å²) in [5.41, 5.74) is 3.90. The molecule has 12 unspecified atom stereocenters. The lowest BCUT2D eigenvalue weighted by molar-refractivity contribution is -0.144. The van der Waals surface area contributed by atoms with Crippen molar-refractivity contribution in [3.8, 4) is 11.5 Å². The number of carbonyl (C=O) groups excluding carboxylic acids is 12. The zero-order chi connectivity index (χ0) is 75.4. The lowest BCUT2D eigenvalue weighted by atomic mass is 9.71. The molecule has 13 rings (SSSR count). The van der Waals surface area contributed by atoms with Crippen LogP contribution in [0, 0.1) is 88.8 Å². The lowest BCUT2D eigenvalue weighted by Crippen LogP contribution is -2.44. The summed E-state index contributed by atoms with van der Waals surface area (Å²) in [6, 6.07) is 16.5. The van der Waals surface area contributed by atoms with Crippen molar-refractivity contribution in [1.82, 2.24) is 24.5 Å². The van der Waals surface area contributed by atoms with Gasteiger partial charge in [0.2, 0.25) is 70.9 Å². The third-order valence-corrected chi connectivity index (χ3v) is 34.2. The van der Waals surface area contributed by atoms with Crippen LogP contribution in [-0.4, -0.2) is 145 Å².